The van der Waals surface area contributed by atoms with Crippen molar-refractivity contribution >= 4 is 17.2 Å². The summed E-state index contributed by atoms with van der Waals surface area (Å²) >= 11 is 1.79. The predicted molar refractivity (Wildman–Crippen MR) is 84.8 cm³/mol. The van der Waals surface area contributed by atoms with E-state index in [-0.39, 0.29) is 18.1 Å². The summed E-state index contributed by atoms with van der Waals surface area (Å²) in [6.45, 7) is 9.46. The second-order valence-electron chi connectivity index (χ2n) is 6.10. The van der Waals surface area contributed by atoms with Crippen LogP contribution in [0, 0.1) is 12.8 Å². The van der Waals surface area contributed by atoms with E-state index in [1.807, 2.05) is 4.90 Å². The first kappa shape index (κ1) is 15.5. The molecule has 2 heterocycles. The molecule has 0 spiro atoms. The number of thiophene rings is 1. The molecule has 1 amide bonds. The highest BCUT2D eigenvalue weighted by Gasteiger charge is 2.39. The first-order valence-electron chi connectivity index (χ1n) is 7.65. The van der Waals surface area contributed by atoms with Crippen molar-refractivity contribution in [2.75, 3.05) is 6.54 Å². The first-order chi connectivity index (χ1) is 9.52. The fraction of sp³-hybridized carbons (Fsp3) is 0.688. The van der Waals surface area contributed by atoms with Crippen LogP contribution in [0.2, 0.25) is 0 Å². The molecule has 2 atom stereocenters. The third-order valence-corrected chi connectivity index (χ3v) is 4.74. The molecule has 2 rings (SSSR count). The van der Waals surface area contributed by atoms with Gasteiger partial charge in [-0.05, 0) is 31.4 Å². The number of carbonyl (C=O) groups is 1. The molecular formula is C16H26N2OS. The van der Waals surface area contributed by atoms with Crippen molar-refractivity contribution in [1.29, 1.82) is 0 Å². The number of carbonyl (C=O) groups excluding carboxylic acids is 1. The largest absolute Gasteiger partial charge is 0.320 e. The predicted octanol–water partition coefficient (Wildman–Crippen LogP) is 3.70. The van der Waals surface area contributed by atoms with E-state index in [0.717, 1.165) is 25.8 Å². The molecule has 0 saturated carbocycles. The maximum atomic E-state index is 12.6. The Bertz CT molecular complexity index is 455. The van der Waals surface area contributed by atoms with E-state index in [0.29, 0.717) is 5.92 Å². The number of amides is 1. The summed E-state index contributed by atoms with van der Waals surface area (Å²) in [6.07, 6.45) is 3.27. The maximum Gasteiger partial charge on any atom is 0.241 e. The standard InChI is InChI=1S/C16H26N2OS/c1-5-6-7-13-16(19)18(10-11(2)3)15(17-13)14-9-8-12(4)20-14/h8-9,11,13,15,17H,5-7,10H2,1-4H3. The van der Waals surface area contributed by atoms with Crippen molar-refractivity contribution in [3.05, 3.63) is 21.9 Å². The minimum Gasteiger partial charge on any atom is -0.320 e. The molecule has 1 aromatic rings. The summed E-state index contributed by atoms with van der Waals surface area (Å²) in [4.78, 5) is 17.2. The average Bonchev–Trinajstić information content (AvgIpc) is 2.93. The fourth-order valence-corrected chi connectivity index (χ4v) is 3.67. The Morgan fingerprint density at radius 3 is 2.70 bits per heavy atom. The quantitative estimate of drug-likeness (QED) is 0.867. The van der Waals surface area contributed by atoms with E-state index in [4.69, 9.17) is 0 Å². The van der Waals surface area contributed by atoms with Crippen molar-refractivity contribution in [3.63, 3.8) is 0 Å². The average molecular weight is 294 g/mol. The molecule has 0 aromatic carbocycles. The molecule has 1 aliphatic heterocycles. The zero-order valence-corrected chi connectivity index (χ0v) is 13.8. The SMILES string of the molecule is CCCCC1NC(c2ccc(C)s2)N(CC(C)C)C1=O. The molecule has 3 nitrogen and oxygen atoms in total. The molecule has 2 unspecified atom stereocenters. The monoisotopic (exact) mass is 294 g/mol. The molecule has 0 radical (unpaired) electrons. The third kappa shape index (κ3) is 3.41. The van der Waals surface area contributed by atoms with Gasteiger partial charge in [0.05, 0.1) is 6.04 Å². The lowest BCUT2D eigenvalue weighted by atomic mass is 10.1. The Balaban J connectivity index is 2.16. The second-order valence-corrected chi connectivity index (χ2v) is 7.42. The number of hydrogen-bond donors (Lipinski definition) is 1. The number of nitrogens with zero attached hydrogens (tertiary/aromatic N) is 1. The smallest absolute Gasteiger partial charge is 0.241 e. The number of rotatable bonds is 6. The fourth-order valence-electron chi connectivity index (χ4n) is 2.72. The summed E-state index contributed by atoms with van der Waals surface area (Å²) < 4.78 is 0. The van der Waals surface area contributed by atoms with Crippen LogP contribution in [-0.4, -0.2) is 23.4 Å². The van der Waals surface area contributed by atoms with E-state index in [1.165, 1.54) is 9.75 Å². The molecule has 0 aliphatic carbocycles. The van der Waals surface area contributed by atoms with Gasteiger partial charge in [-0.3, -0.25) is 10.1 Å². The minimum atomic E-state index is 0.00102. The molecular weight excluding hydrogens is 268 g/mol. The van der Waals surface area contributed by atoms with Gasteiger partial charge in [0, 0.05) is 16.3 Å². The lowest BCUT2D eigenvalue weighted by Gasteiger charge is -2.25. The number of aryl methyl sites for hydroxylation is 1. The summed E-state index contributed by atoms with van der Waals surface area (Å²) in [7, 11) is 0. The van der Waals surface area contributed by atoms with Crippen LogP contribution in [0.1, 0.15) is 56.0 Å². The molecule has 0 bridgehead atoms. The van der Waals surface area contributed by atoms with Crippen LogP contribution in [0.25, 0.3) is 0 Å². The van der Waals surface area contributed by atoms with Gasteiger partial charge in [0.15, 0.2) is 0 Å². The van der Waals surface area contributed by atoms with E-state index >= 15 is 0 Å². The van der Waals surface area contributed by atoms with E-state index in [2.05, 4.69) is 45.1 Å². The molecule has 112 valence electrons. The van der Waals surface area contributed by atoms with Gasteiger partial charge in [-0.25, -0.2) is 0 Å². The zero-order chi connectivity index (χ0) is 14.7. The topological polar surface area (TPSA) is 32.3 Å². The second kappa shape index (κ2) is 6.72. The number of unbranched alkanes of at least 4 members (excludes halogenated alkanes) is 1. The molecule has 20 heavy (non-hydrogen) atoms. The van der Waals surface area contributed by atoms with Gasteiger partial charge in [0.1, 0.15) is 6.17 Å². The normalized spacial score (nSPS) is 23.1. The first-order valence-corrected chi connectivity index (χ1v) is 8.47. The molecule has 1 saturated heterocycles. The highest BCUT2D eigenvalue weighted by Crippen LogP contribution is 2.32. The molecule has 1 aliphatic rings. The lowest BCUT2D eigenvalue weighted by molar-refractivity contribution is -0.130. The van der Waals surface area contributed by atoms with Crippen molar-refractivity contribution in [2.24, 2.45) is 5.92 Å². The molecule has 1 aromatic heterocycles. The summed E-state index contributed by atoms with van der Waals surface area (Å²) in [6, 6.07) is 4.29. The molecule has 1 N–H and O–H groups in total. The Morgan fingerprint density at radius 1 is 1.40 bits per heavy atom. The lowest BCUT2D eigenvalue weighted by Crippen LogP contribution is -2.33. The Morgan fingerprint density at radius 2 is 2.15 bits per heavy atom. The van der Waals surface area contributed by atoms with Gasteiger partial charge in [-0.2, -0.15) is 0 Å². The number of nitrogens with one attached hydrogen (secondary N) is 1. The zero-order valence-electron chi connectivity index (χ0n) is 13.0. The van der Waals surface area contributed by atoms with Crippen LogP contribution >= 0.6 is 11.3 Å². The van der Waals surface area contributed by atoms with Crippen LogP contribution in [-0.2, 0) is 4.79 Å². The summed E-state index contributed by atoms with van der Waals surface area (Å²) in [5, 5.41) is 3.55. The van der Waals surface area contributed by atoms with Gasteiger partial charge in [-0.15, -0.1) is 11.3 Å². The van der Waals surface area contributed by atoms with Crippen LogP contribution in [0.5, 0.6) is 0 Å². The maximum absolute atomic E-state index is 12.6. The van der Waals surface area contributed by atoms with Crippen molar-refractivity contribution in [3.8, 4) is 0 Å². The summed E-state index contributed by atoms with van der Waals surface area (Å²) in [5.41, 5.74) is 0. The molecule has 1 fully saturated rings. The van der Waals surface area contributed by atoms with Gasteiger partial charge < -0.3 is 4.90 Å². The van der Waals surface area contributed by atoms with Crippen LogP contribution in [0.3, 0.4) is 0 Å². The summed E-state index contributed by atoms with van der Waals surface area (Å²) in [5.74, 6) is 0.775. The Labute approximate surface area is 126 Å². The van der Waals surface area contributed by atoms with Crippen LogP contribution < -0.4 is 5.32 Å². The number of hydrogen-bond acceptors (Lipinski definition) is 3. The highest BCUT2D eigenvalue weighted by molar-refractivity contribution is 7.12. The van der Waals surface area contributed by atoms with Crippen molar-refractivity contribution < 1.29 is 4.79 Å². The van der Waals surface area contributed by atoms with Crippen molar-refractivity contribution in [1.82, 2.24) is 10.2 Å². The van der Waals surface area contributed by atoms with Crippen molar-refractivity contribution in [2.45, 2.75) is 59.2 Å². The minimum absolute atomic E-state index is 0.00102. The van der Waals surface area contributed by atoms with Gasteiger partial charge in [0.25, 0.3) is 0 Å². The van der Waals surface area contributed by atoms with Crippen LogP contribution in [0.15, 0.2) is 12.1 Å². The van der Waals surface area contributed by atoms with Gasteiger partial charge >= 0.3 is 0 Å². The Hall–Kier alpha value is -0.870. The van der Waals surface area contributed by atoms with E-state index < -0.39 is 0 Å². The van der Waals surface area contributed by atoms with E-state index in [1.54, 1.807) is 11.3 Å². The molecule has 4 heteroatoms. The third-order valence-electron chi connectivity index (χ3n) is 3.69. The van der Waals surface area contributed by atoms with E-state index in [9.17, 15) is 4.79 Å². The Kier molecular flexibility index (Phi) is 5.22. The highest BCUT2D eigenvalue weighted by atomic mass is 32.1. The van der Waals surface area contributed by atoms with Gasteiger partial charge in [-0.1, -0.05) is 33.6 Å². The van der Waals surface area contributed by atoms with Gasteiger partial charge in [0.2, 0.25) is 5.91 Å². The van der Waals surface area contributed by atoms with Crippen LogP contribution in [0.4, 0.5) is 0 Å².